The fourth-order valence-electron chi connectivity index (χ4n) is 5.06. The summed E-state index contributed by atoms with van der Waals surface area (Å²) in [6.45, 7) is 0. The number of ether oxygens (including phenoxy) is 2. The summed E-state index contributed by atoms with van der Waals surface area (Å²) in [5.74, 6) is -2.30. The standard InChI is InChI=1S/C24H24N2O4S/c27-20-24(21(28)30-23(29-20)14-8-3-9-15-23)18(16-10-4-1-5-11-16)25-22(31)26-19(24)17-12-6-2-7-13-17/h1-2,4-7,10-13,18-19H,3,8-9,14-15H2,(H2,25,26,31)/t18-,19+. The van der Waals surface area contributed by atoms with Crippen molar-refractivity contribution in [3.8, 4) is 0 Å². The molecule has 3 fully saturated rings. The summed E-state index contributed by atoms with van der Waals surface area (Å²) in [5, 5.41) is 6.70. The van der Waals surface area contributed by atoms with Crippen molar-refractivity contribution in [3.63, 3.8) is 0 Å². The topological polar surface area (TPSA) is 76.7 Å². The van der Waals surface area contributed by atoms with Crippen molar-refractivity contribution in [1.29, 1.82) is 0 Å². The van der Waals surface area contributed by atoms with Crippen LogP contribution >= 0.6 is 12.2 Å². The first-order chi connectivity index (χ1) is 15.1. The highest BCUT2D eigenvalue weighted by Gasteiger charge is 2.68. The summed E-state index contributed by atoms with van der Waals surface area (Å²) in [7, 11) is 0. The average Bonchev–Trinajstić information content (AvgIpc) is 2.79. The minimum Gasteiger partial charge on any atom is -0.421 e. The van der Waals surface area contributed by atoms with E-state index in [0.717, 1.165) is 30.4 Å². The molecule has 2 saturated heterocycles. The molecule has 6 nitrogen and oxygen atoms in total. The molecule has 1 aliphatic carbocycles. The molecule has 1 saturated carbocycles. The predicted octanol–water partition coefficient (Wildman–Crippen LogP) is 3.69. The van der Waals surface area contributed by atoms with Crippen LogP contribution in [0.15, 0.2) is 60.7 Å². The van der Waals surface area contributed by atoms with E-state index >= 15 is 0 Å². The van der Waals surface area contributed by atoms with Crippen LogP contribution in [0.25, 0.3) is 0 Å². The lowest BCUT2D eigenvalue weighted by atomic mass is 9.67. The van der Waals surface area contributed by atoms with Crippen LogP contribution in [0.5, 0.6) is 0 Å². The lowest BCUT2D eigenvalue weighted by molar-refractivity contribution is -0.275. The molecule has 2 N–H and O–H groups in total. The van der Waals surface area contributed by atoms with Crippen molar-refractivity contribution in [2.45, 2.75) is 50.0 Å². The lowest BCUT2D eigenvalue weighted by Crippen LogP contribution is -2.69. The monoisotopic (exact) mass is 436 g/mol. The Bertz CT molecular complexity index is 931. The van der Waals surface area contributed by atoms with Crippen molar-refractivity contribution >= 4 is 29.3 Å². The molecule has 0 radical (unpaired) electrons. The van der Waals surface area contributed by atoms with E-state index in [2.05, 4.69) is 10.6 Å². The van der Waals surface area contributed by atoms with Gasteiger partial charge in [0, 0.05) is 12.8 Å². The van der Waals surface area contributed by atoms with Gasteiger partial charge < -0.3 is 20.1 Å². The quantitative estimate of drug-likeness (QED) is 0.422. The summed E-state index contributed by atoms with van der Waals surface area (Å²) in [4.78, 5) is 27.8. The van der Waals surface area contributed by atoms with Gasteiger partial charge in [-0.05, 0) is 36.2 Å². The number of thiocarbonyl (C=S) groups is 1. The second kappa shape index (κ2) is 7.64. The Labute approximate surface area is 186 Å². The van der Waals surface area contributed by atoms with Crippen molar-refractivity contribution in [2.24, 2.45) is 5.41 Å². The second-order valence-corrected chi connectivity index (χ2v) is 8.83. The van der Waals surface area contributed by atoms with Crippen LogP contribution in [0.1, 0.15) is 55.3 Å². The van der Waals surface area contributed by atoms with Crippen molar-refractivity contribution in [3.05, 3.63) is 71.8 Å². The number of carbonyl (C=O) groups excluding carboxylic acids is 2. The highest BCUT2D eigenvalue weighted by Crippen LogP contribution is 2.53. The zero-order valence-corrected chi connectivity index (χ0v) is 17.8. The van der Waals surface area contributed by atoms with Gasteiger partial charge in [-0.3, -0.25) is 9.59 Å². The molecule has 2 aromatic rings. The maximum atomic E-state index is 13.9. The normalized spacial score (nSPS) is 26.5. The lowest BCUT2D eigenvalue weighted by Gasteiger charge is -2.52. The fourth-order valence-corrected chi connectivity index (χ4v) is 5.29. The van der Waals surface area contributed by atoms with E-state index in [1.54, 1.807) is 0 Å². The zero-order chi connectivity index (χ0) is 21.5. The second-order valence-electron chi connectivity index (χ2n) is 8.42. The molecule has 2 atom stereocenters. The number of carbonyl (C=O) groups is 2. The van der Waals surface area contributed by atoms with E-state index in [9.17, 15) is 9.59 Å². The third-order valence-corrected chi connectivity index (χ3v) is 6.81. The van der Waals surface area contributed by atoms with Crippen LogP contribution in [-0.4, -0.2) is 22.8 Å². The van der Waals surface area contributed by atoms with Gasteiger partial charge in [0.25, 0.3) is 5.79 Å². The molecule has 2 aromatic carbocycles. The van der Waals surface area contributed by atoms with E-state index in [4.69, 9.17) is 21.7 Å². The molecule has 31 heavy (non-hydrogen) atoms. The Kier molecular flexibility index (Phi) is 4.93. The van der Waals surface area contributed by atoms with Gasteiger partial charge in [-0.25, -0.2) is 0 Å². The van der Waals surface area contributed by atoms with E-state index < -0.39 is 35.2 Å². The van der Waals surface area contributed by atoms with Crippen LogP contribution < -0.4 is 10.6 Å². The number of hydrogen-bond acceptors (Lipinski definition) is 5. The first-order valence-electron chi connectivity index (χ1n) is 10.7. The first kappa shape index (κ1) is 20.0. The van der Waals surface area contributed by atoms with Gasteiger partial charge in [-0.15, -0.1) is 0 Å². The van der Waals surface area contributed by atoms with Crippen molar-refractivity contribution in [2.75, 3.05) is 0 Å². The Morgan fingerprint density at radius 3 is 1.65 bits per heavy atom. The number of rotatable bonds is 2. The van der Waals surface area contributed by atoms with E-state index in [1.165, 1.54) is 0 Å². The summed E-state index contributed by atoms with van der Waals surface area (Å²) in [6, 6.07) is 17.3. The predicted molar refractivity (Wildman–Crippen MR) is 118 cm³/mol. The van der Waals surface area contributed by atoms with E-state index in [-0.39, 0.29) is 0 Å². The number of esters is 2. The van der Waals surface area contributed by atoms with Crippen LogP contribution in [0.3, 0.4) is 0 Å². The van der Waals surface area contributed by atoms with E-state index in [1.807, 2.05) is 60.7 Å². The molecular weight excluding hydrogens is 412 g/mol. The Morgan fingerprint density at radius 1 is 0.742 bits per heavy atom. The number of nitrogens with one attached hydrogen (secondary N) is 2. The largest absolute Gasteiger partial charge is 0.421 e. The Hall–Kier alpha value is -2.93. The molecule has 5 rings (SSSR count). The van der Waals surface area contributed by atoms with Crippen molar-refractivity contribution < 1.29 is 19.1 Å². The number of hydrogen-bond donors (Lipinski definition) is 2. The molecule has 2 spiro atoms. The van der Waals surface area contributed by atoms with Gasteiger partial charge in [-0.1, -0.05) is 67.1 Å². The zero-order valence-electron chi connectivity index (χ0n) is 17.0. The van der Waals surface area contributed by atoms with Gasteiger partial charge in [-0.2, -0.15) is 0 Å². The molecule has 0 bridgehead atoms. The molecule has 7 heteroatoms. The van der Waals surface area contributed by atoms with Gasteiger partial charge in [0.15, 0.2) is 5.11 Å². The summed E-state index contributed by atoms with van der Waals surface area (Å²) >= 11 is 5.48. The van der Waals surface area contributed by atoms with Crippen LogP contribution in [0, 0.1) is 5.41 Å². The minimum absolute atomic E-state index is 0.367. The maximum absolute atomic E-state index is 13.9. The van der Waals surface area contributed by atoms with Gasteiger partial charge in [0.2, 0.25) is 5.41 Å². The van der Waals surface area contributed by atoms with Crippen LogP contribution in [0.2, 0.25) is 0 Å². The third-order valence-electron chi connectivity index (χ3n) is 6.58. The van der Waals surface area contributed by atoms with Gasteiger partial charge in [0.1, 0.15) is 0 Å². The molecule has 160 valence electrons. The Morgan fingerprint density at radius 2 is 1.19 bits per heavy atom. The molecular formula is C24H24N2O4S. The highest BCUT2D eigenvalue weighted by molar-refractivity contribution is 7.80. The van der Waals surface area contributed by atoms with Crippen LogP contribution in [-0.2, 0) is 19.1 Å². The van der Waals surface area contributed by atoms with Gasteiger partial charge in [0.05, 0.1) is 12.1 Å². The summed E-state index contributed by atoms with van der Waals surface area (Å²) < 4.78 is 12.0. The summed E-state index contributed by atoms with van der Waals surface area (Å²) in [6.07, 6.45) is 3.83. The minimum atomic E-state index is -1.66. The van der Waals surface area contributed by atoms with Crippen molar-refractivity contribution in [1.82, 2.24) is 10.6 Å². The Balaban J connectivity index is 1.66. The molecule has 3 aliphatic rings. The number of benzene rings is 2. The smallest absolute Gasteiger partial charge is 0.331 e. The van der Waals surface area contributed by atoms with Crippen LogP contribution in [0.4, 0.5) is 0 Å². The third kappa shape index (κ3) is 3.19. The van der Waals surface area contributed by atoms with Gasteiger partial charge >= 0.3 is 11.9 Å². The first-order valence-corrected chi connectivity index (χ1v) is 11.1. The highest BCUT2D eigenvalue weighted by atomic mass is 32.1. The molecule has 2 heterocycles. The maximum Gasteiger partial charge on any atom is 0.331 e. The summed E-state index contributed by atoms with van der Waals surface area (Å²) in [5.41, 5.74) is -0.130. The molecule has 0 amide bonds. The fraction of sp³-hybridized carbons (Fsp3) is 0.375. The molecule has 0 unspecified atom stereocenters. The molecule has 2 aliphatic heterocycles. The average molecular weight is 437 g/mol. The SMILES string of the molecule is O=C1OC2(CCCCC2)OC(=O)C12[C@@H](c1ccccc1)NC(=S)N[C@H]2c1ccccc1. The molecule has 0 aromatic heterocycles. The van der Waals surface area contributed by atoms with E-state index in [0.29, 0.717) is 18.0 Å².